The summed E-state index contributed by atoms with van der Waals surface area (Å²) in [5.41, 5.74) is 1.29. The van der Waals surface area contributed by atoms with Gasteiger partial charge in [-0.3, -0.25) is 0 Å². The molecule has 102 valence electrons. The van der Waals surface area contributed by atoms with Crippen molar-refractivity contribution in [1.29, 1.82) is 0 Å². The molecule has 0 aliphatic carbocycles. The van der Waals surface area contributed by atoms with E-state index in [1.54, 1.807) is 7.11 Å². The van der Waals surface area contributed by atoms with Crippen LogP contribution in [0.15, 0.2) is 24.3 Å². The van der Waals surface area contributed by atoms with Gasteiger partial charge in [0.05, 0.1) is 6.61 Å². The smallest absolute Gasteiger partial charge is 0.134 e. The predicted molar refractivity (Wildman–Crippen MR) is 75.3 cm³/mol. The molecular formula is C15H25NO2. The summed E-state index contributed by atoms with van der Waals surface area (Å²) in [4.78, 5) is 0. The Morgan fingerprint density at radius 3 is 2.67 bits per heavy atom. The standard InChI is InChI=1S/C15H25NO2/c1-5-13-7-6-8-14(9-13)18-15(11-17-4)10-16-12(2)3/h6-9,12,15-16H,5,10-11H2,1-4H3. The first-order valence-electron chi connectivity index (χ1n) is 6.63. The van der Waals surface area contributed by atoms with Crippen LogP contribution in [0.5, 0.6) is 5.75 Å². The van der Waals surface area contributed by atoms with Crippen LogP contribution in [0.25, 0.3) is 0 Å². The quantitative estimate of drug-likeness (QED) is 0.770. The highest BCUT2D eigenvalue weighted by molar-refractivity contribution is 5.28. The van der Waals surface area contributed by atoms with E-state index in [4.69, 9.17) is 9.47 Å². The first kappa shape index (κ1) is 15.0. The van der Waals surface area contributed by atoms with Gasteiger partial charge in [-0.2, -0.15) is 0 Å². The highest BCUT2D eigenvalue weighted by Gasteiger charge is 2.11. The molecule has 0 bridgehead atoms. The van der Waals surface area contributed by atoms with Crippen LogP contribution < -0.4 is 10.1 Å². The van der Waals surface area contributed by atoms with Gasteiger partial charge in [0.1, 0.15) is 11.9 Å². The van der Waals surface area contributed by atoms with E-state index in [1.807, 2.05) is 12.1 Å². The van der Waals surface area contributed by atoms with Gasteiger partial charge >= 0.3 is 0 Å². The zero-order valence-corrected chi connectivity index (χ0v) is 11.9. The number of aryl methyl sites for hydroxylation is 1. The minimum atomic E-state index is 0.0458. The summed E-state index contributed by atoms with van der Waals surface area (Å²) in [6.07, 6.45) is 1.07. The number of methoxy groups -OCH3 is 1. The van der Waals surface area contributed by atoms with Crippen molar-refractivity contribution in [2.24, 2.45) is 0 Å². The van der Waals surface area contributed by atoms with E-state index in [0.29, 0.717) is 12.6 Å². The molecular weight excluding hydrogens is 226 g/mol. The maximum absolute atomic E-state index is 5.96. The van der Waals surface area contributed by atoms with E-state index in [2.05, 4.69) is 38.2 Å². The van der Waals surface area contributed by atoms with Crippen molar-refractivity contribution < 1.29 is 9.47 Å². The van der Waals surface area contributed by atoms with Crippen LogP contribution in [-0.2, 0) is 11.2 Å². The maximum atomic E-state index is 5.96. The highest BCUT2D eigenvalue weighted by Crippen LogP contribution is 2.15. The fraction of sp³-hybridized carbons (Fsp3) is 0.600. The lowest BCUT2D eigenvalue weighted by atomic mass is 10.2. The number of benzene rings is 1. The average Bonchev–Trinajstić information content (AvgIpc) is 2.36. The second kappa shape index (κ2) is 8.11. The summed E-state index contributed by atoms with van der Waals surface area (Å²) in [7, 11) is 1.70. The summed E-state index contributed by atoms with van der Waals surface area (Å²) in [6.45, 7) is 7.78. The molecule has 0 aromatic heterocycles. The van der Waals surface area contributed by atoms with Gasteiger partial charge in [-0.05, 0) is 24.1 Å². The zero-order chi connectivity index (χ0) is 13.4. The molecule has 1 atom stereocenters. The van der Waals surface area contributed by atoms with Crippen LogP contribution in [0.1, 0.15) is 26.3 Å². The summed E-state index contributed by atoms with van der Waals surface area (Å²) in [5.74, 6) is 0.918. The molecule has 0 saturated heterocycles. The summed E-state index contributed by atoms with van der Waals surface area (Å²) in [5, 5.41) is 3.37. The normalized spacial score (nSPS) is 12.7. The Balaban J connectivity index is 2.57. The Morgan fingerprint density at radius 1 is 1.28 bits per heavy atom. The van der Waals surface area contributed by atoms with Gasteiger partial charge in [0, 0.05) is 19.7 Å². The van der Waals surface area contributed by atoms with Gasteiger partial charge < -0.3 is 14.8 Å². The van der Waals surface area contributed by atoms with Gasteiger partial charge in [-0.15, -0.1) is 0 Å². The number of hydrogen-bond donors (Lipinski definition) is 1. The van der Waals surface area contributed by atoms with Crippen LogP contribution in [0.4, 0.5) is 0 Å². The van der Waals surface area contributed by atoms with Crippen molar-refractivity contribution in [2.75, 3.05) is 20.3 Å². The largest absolute Gasteiger partial charge is 0.487 e. The Morgan fingerprint density at radius 2 is 2.06 bits per heavy atom. The Bertz CT molecular complexity index is 339. The van der Waals surface area contributed by atoms with Crippen molar-refractivity contribution in [3.8, 4) is 5.75 Å². The van der Waals surface area contributed by atoms with Gasteiger partial charge in [0.15, 0.2) is 0 Å². The number of hydrogen-bond acceptors (Lipinski definition) is 3. The molecule has 1 aromatic carbocycles. The van der Waals surface area contributed by atoms with Crippen LogP contribution in [0.2, 0.25) is 0 Å². The van der Waals surface area contributed by atoms with E-state index < -0.39 is 0 Å². The second-order valence-corrected chi connectivity index (χ2v) is 4.76. The fourth-order valence-electron chi connectivity index (χ4n) is 1.72. The molecule has 1 rings (SSSR count). The molecule has 1 aromatic rings. The van der Waals surface area contributed by atoms with Crippen LogP contribution in [-0.4, -0.2) is 32.4 Å². The fourth-order valence-corrected chi connectivity index (χ4v) is 1.72. The lowest BCUT2D eigenvalue weighted by Gasteiger charge is -2.20. The minimum absolute atomic E-state index is 0.0458. The van der Waals surface area contributed by atoms with Crippen LogP contribution in [0, 0.1) is 0 Å². The average molecular weight is 251 g/mol. The van der Waals surface area contributed by atoms with E-state index in [9.17, 15) is 0 Å². The minimum Gasteiger partial charge on any atom is -0.487 e. The summed E-state index contributed by atoms with van der Waals surface area (Å²) in [6, 6.07) is 8.70. The van der Waals surface area contributed by atoms with Gasteiger partial charge in [0.2, 0.25) is 0 Å². The van der Waals surface area contributed by atoms with Gasteiger partial charge in [-0.1, -0.05) is 32.9 Å². The zero-order valence-electron chi connectivity index (χ0n) is 11.9. The third-order valence-electron chi connectivity index (χ3n) is 2.72. The summed E-state index contributed by atoms with van der Waals surface area (Å²) >= 11 is 0. The van der Waals surface area contributed by atoms with E-state index in [1.165, 1.54) is 5.56 Å². The number of nitrogens with one attached hydrogen (secondary N) is 1. The van der Waals surface area contributed by atoms with Crippen molar-refractivity contribution in [1.82, 2.24) is 5.32 Å². The van der Waals surface area contributed by atoms with Crippen LogP contribution >= 0.6 is 0 Å². The molecule has 0 saturated carbocycles. The molecule has 3 heteroatoms. The molecule has 1 N–H and O–H groups in total. The number of ether oxygens (including phenoxy) is 2. The molecule has 0 aliphatic heterocycles. The van der Waals surface area contributed by atoms with Crippen molar-refractivity contribution in [2.45, 2.75) is 39.3 Å². The third kappa shape index (κ3) is 5.52. The molecule has 0 aliphatic rings. The Labute approximate surface area is 110 Å². The van der Waals surface area contributed by atoms with Crippen molar-refractivity contribution in [3.63, 3.8) is 0 Å². The van der Waals surface area contributed by atoms with Crippen molar-refractivity contribution >= 4 is 0 Å². The van der Waals surface area contributed by atoms with Gasteiger partial charge in [0.25, 0.3) is 0 Å². The van der Waals surface area contributed by atoms with E-state index >= 15 is 0 Å². The molecule has 3 nitrogen and oxygen atoms in total. The molecule has 0 spiro atoms. The van der Waals surface area contributed by atoms with E-state index in [0.717, 1.165) is 18.7 Å². The predicted octanol–water partition coefficient (Wildman–Crippen LogP) is 2.64. The van der Waals surface area contributed by atoms with E-state index in [-0.39, 0.29) is 6.10 Å². The molecule has 0 fully saturated rings. The van der Waals surface area contributed by atoms with Crippen LogP contribution in [0.3, 0.4) is 0 Å². The van der Waals surface area contributed by atoms with Gasteiger partial charge in [-0.25, -0.2) is 0 Å². The Kier molecular flexibility index (Phi) is 6.76. The number of rotatable bonds is 8. The maximum Gasteiger partial charge on any atom is 0.134 e. The van der Waals surface area contributed by atoms with Crippen molar-refractivity contribution in [3.05, 3.63) is 29.8 Å². The molecule has 18 heavy (non-hydrogen) atoms. The lowest BCUT2D eigenvalue weighted by molar-refractivity contribution is 0.0794. The first-order chi connectivity index (χ1) is 8.65. The Hall–Kier alpha value is -1.06. The molecule has 0 amide bonds. The molecule has 0 heterocycles. The highest BCUT2D eigenvalue weighted by atomic mass is 16.5. The topological polar surface area (TPSA) is 30.5 Å². The lowest BCUT2D eigenvalue weighted by Crippen LogP contribution is -2.38. The molecule has 1 unspecified atom stereocenters. The monoisotopic (exact) mass is 251 g/mol. The summed E-state index contributed by atoms with van der Waals surface area (Å²) < 4.78 is 11.2. The SMILES string of the molecule is CCc1cccc(OC(CNC(C)C)COC)c1. The molecule has 0 radical (unpaired) electrons. The second-order valence-electron chi connectivity index (χ2n) is 4.76. The first-order valence-corrected chi connectivity index (χ1v) is 6.63. The third-order valence-corrected chi connectivity index (χ3v) is 2.72.